The number of halogens is 3. The number of aromatic nitrogens is 2. The lowest BCUT2D eigenvalue weighted by atomic mass is 10.1. The fourth-order valence-electron chi connectivity index (χ4n) is 2.50. The minimum absolute atomic E-state index is 0.0530. The second-order valence-corrected chi connectivity index (χ2v) is 6.57. The number of hydrogen-bond donors (Lipinski definition) is 1. The quantitative estimate of drug-likeness (QED) is 0.790. The minimum atomic E-state index is -4.69. The van der Waals surface area contributed by atoms with Crippen molar-refractivity contribution in [2.45, 2.75) is 45.5 Å². The molecule has 1 aromatic carbocycles. The Morgan fingerprint density at radius 2 is 1.89 bits per heavy atom. The monoisotopic (exact) mass is 384 g/mol. The summed E-state index contributed by atoms with van der Waals surface area (Å²) in [6.07, 6.45) is -3.67. The standard InChI is InChI=1S/C18H23F3N4O2/c1-5-12(3)25(4)10-11(2)22-16(26)14-8-6-13(7-9-14)15-23-17(27-24-15)18(19,20)21/h6-9,11-12H,5,10H2,1-4H3,(H,22,26)/t11-,12-/m1/s1. The third-order valence-corrected chi connectivity index (χ3v) is 4.36. The second kappa shape index (κ2) is 8.51. The van der Waals surface area contributed by atoms with Crippen molar-refractivity contribution in [2.75, 3.05) is 13.6 Å². The van der Waals surface area contributed by atoms with Crippen LogP contribution < -0.4 is 5.32 Å². The Bertz CT molecular complexity index is 759. The average Bonchev–Trinajstić information content (AvgIpc) is 3.11. The average molecular weight is 384 g/mol. The molecule has 1 aromatic heterocycles. The number of nitrogens with zero attached hydrogens (tertiary/aromatic N) is 3. The number of rotatable bonds is 7. The lowest BCUT2D eigenvalue weighted by Gasteiger charge is -2.27. The smallest absolute Gasteiger partial charge is 0.348 e. The molecule has 0 spiro atoms. The topological polar surface area (TPSA) is 71.3 Å². The van der Waals surface area contributed by atoms with Crippen molar-refractivity contribution >= 4 is 5.91 Å². The molecule has 0 radical (unpaired) electrons. The number of carbonyl (C=O) groups is 1. The molecule has 0 unspecified atom stereocenters. The van der Waals surface area contributed by atoms with E-state index in [0.717, 1.165) is 6.42 Å². The first-order valence-electron chi connectivity index (χ1n) is 8.64. The van der Waals surface area contributed by atoms with Gasteiger partial charge in [-0.3, -0.25) is 4.79 Å². The van der Waals surface area contributed by atoms with E-state index in [-0.39, 0.29) is 17.8 Å². The Kier molecular flexibility index (Phi) is 6.59. The van der Waals surface area contributed by atoms with Gasteiger partial charge in [-0.1, -0.05) is 24.2 Å². The number of amides is 1. The van der Waals surface area contributed by atoms with E-state index in [0.29, 0.717) is 23.7 Å². The molecule has 2 rings (SSSR count). The van der Waals surface area contributed by atoms with Crippen molar-refractivity contribution in [3.63, 3.8) is 0 Å². The van der Waals surface area contributed by atoms with E-state index in [9.17, 15) is 18.0 Å². The van der Waals surface area contributed by atoms with Crippen molar-refractivity contribution in [3.05, 3.63) is 35.7 Å². The molecule has 0 saturated heterocycles. The molecule has 1 amide bonds. The number of alkyl halides is 3. The van der Waals surface area contributed by atoms with Gasteiger partial charge in [0.1, 0.15) is 0 Å². The van der Waals surface area contributed by atoms with E-state index < -0.39 is 12.1 Å². The van der Waals surface area contributed by atoms with Gasteiger partial charge in [0.15, 0.2) is 0 Å². The number of carbonyl (C=O) groups excluding carboxylic acids is 1. The molecule has 0 aliphatic rings. The van der Waals surface area contributed by atoms with Gasteiger partial charge in [-0.05, 0) is 39.4 Å². The van der Waals surface area contributed by atoms with Crippen molar-refractivity contribution in [1.29, 1.82) is 0 Å². The van der Waals surface area contributed by atoms with Crippen molar-refractivity contribution in [3.8, 4) is 11.4 Å². The van der Waals surface area contributed by atoms with Crippen LogP contribution in [0.3, 0.4) is 0 Å². The summed E-state index contributed by atoms with van der Waals surface area (Å²) in [4.78, 5) is 17.8. The molecule has 9 heteroatoms. The molecule has 0 fully saturated rings. The highest BCUT2D eigenvalue weighted by Gasteiger charge is 2.38. The fraction of sp³-hybridized carbons (Fsp3) is 0.500. The zero-order valence-corrected chi connectivity index (χ0v) is 15.7. The van der Waals surface area contributed by atoms with Crippen LogP contribution in [0.5, 0.6) is 0 Å². The van der Waals surface area contributed by atoms with E-state index in [1.165, 1.54) is 24.3 Å². The van der Waals surface area contributed by atoms with Crippen LogP contribution in [-0.2, 0) is 6.18 Å². The highest BCUT2D eigenvalue weighted by atomic mass is 19.4. The van der Waals surface area contributed by atoms with Crippen LogP contribution in [0.4, 0.5) is 13.2 Å². The lowest BCUT2D eigenvalue weighted by Crippen LogP contribution is -2.43. The minimum Gasteiger partial charge on any atom is -0.348 e. The Balaban J connectivity index is 2.00. The van der Waals surface area contributed by atoms with Gasteiger partial charge in [0.2, 0.25) is 5.82 Å². The molecule has 2 aromatic rings. The Morgan fingerprint density at radius 1 is 1.26 bits per heavy atom. The summed E-state index contributed by atoms with van der Waals surface area (Å²) in [6.45, 7) is 6.85. The van der Waals surface area contributed by atoms with Crippen LogP contribution in [0.1, 0.15) is 43.4 Å². The molecule has 148 valence electrons. The summed E-state index contributed by atoms with van der Waals surface area (Å²) >= 11 is 0. The molecule has 27 heavy (non-hydrogen) atoms. The maximum atomic E-state index is 12.5. The van der Waals surface area contributed by atoms with Gasteiger partial charge in [-0.25, -0.2) is 0 Å². The highest BCUT2D eigenvalue weighted by molar-refractivity contribution is 5.94. The molecular weight excluding hydrogens is 361 g/mol. The van der Waals surface area contributed by atoms with Crippen molar-refractivity contribution < 1.29 is 22.5 Å². The fourth-order valence-corrected chi connectivity index (χ4v) is 2.50. The Labute approximate surface area is 155 Å². The lowest BCUT2D eigenvalue weighted by molar-refractivity contribution is -0.159. The summed E-state index contributed by atoms with van der Waals surface area (Å²) in [5.74, 6) is -1.84. The Morgan fingerprint density at radius 3 is 2.41 bits per heavy atom. The van der Waals surface area contributed by atoms with Gasteiger partial charge in [-0.2, -0.15) is 18.2 Å². The molecule has 0 saturated carbocycles. The number of hydrogen-bond acceptors (Lipinski definition) is 5. The maximum absolute atomic E-state index is 12.5. The molecule has 0 aliphatic carbocycles. The van der Waals surface area contributed by atoms with Crippen LogP contribution in [-0.4, -0.2) is 46.6 Å². The third-order valence-electron chi connectivity index (χ3n) is 4.36. The summed E-state index contributed by atoms with van der Waals surface area (Å²) < 4.78 is 41.8. The number of benzene rings is 1. The third kappa shape index (κ3) is 5.53. The van der Waals surface area contributed by atoms with Gasteiger partial charge >= 0.3 is 12.1 Å². The van der Waals surface area contributed by atoms with Crippen molar-refractivity contribution in [2.24, 2.45) is 0 Å². The predicted octanol–water partition coefficient (Wildman–Crippen LogP) is 3.60. The van der Waals surface area contributed by atoms with Gasteiger partial charge in [0.25, 0.3) is 5.91 Å². The molecule has 1 N–H and O–H groups in total. The maximum Gasteiger partial charge on any atom is 0.471 e. The summed E-state index contributed by atoms with van der Waals surface area (Å²) in [6, 6.07) is 6.35. The Hall–Kier alpha value is -2.42. The van der Waals surface area contributed by atoms with Crippen LogP contribution in [0.15, 0.2) is 28.8 Å². The zero-order chi connectivity index (χ0) is 20.2. The second-order valence-electron chi connectivity index (χ2n) is 6.57. The van der Waals surface area contributed by atoms with Crippen molar-refractivity contribution in [1.82, 2.24) is 20.4 Å². The number of likely N-dealkylation sites (N-methyl/N-ethyl adjacent to an activating group) is 1. The van der Waals surface area contributed by atoms with E-state index >= 15 is 0 Å². The molecular formula is C18H23F3N4O2. The summed E-state index contributed by atoms with van der Waals surface area (Å²) in [5.41, 5.74) is 0.728. The van der Waals surface area contributed by atoms with E-state index in [4.69, 9.17) is 0 Å². The zero-order valence-electron chi connectivity index (χ0n) is 15.7. The van der Waals surface area contributed by atoms with E-state index in [1.807, 2.05) is 14.0 Å². The molecule has 0 bridgehead atoms. The molecule has 6 nitrogen and oxygen atoms in total. The predicted molar refractivity (Wildman–Crippen MR) is 94.0 cm³/mol. The first kappa shape index (κ1) is 20.9. The van der Waals surface area contributed by atoms with Gasteiger partial charge < -0.3 is 14.7 Å². The summed E-state index contributed by atoms with van der Waals surface area (Å²) in [5, 5.41) is 6.23. The van der Waals surface area contributed by atoms with Crippen LogP contribution >= 0.6 is 0 Å². The first-order valence-corrected chi connectivity index (χ1v) is 8.64. The normalized spacial score (nSPS) is 14.2. The summed E-state index contributed by atoms with van der Waals surface area (Å²) in [7, 11) is 2.01. The number of nitrogens with one attached hydrogen (secondary N) is 1. The largest absolute Gasteiger partial charge is 0.471 e. The van der Waals surface area contributed by atoms with Gasteiger partial charge in [0, 0.05) is 29.8 Å². The first-order chi connectivity index (χ1) is 12.6. The van der Waals surface area contributed by atoms with Crippen LogP contribution in [0.2, 0.25) is 0 Å². The van der Waals surface area contributed by atoms with E-state index in [1.54, 1.807) is 0 Å². The molecule has 0 aliphatic heterocycles. The van der Waals surface area contributed by atoms with E-state index in [2.05, 4.69) is 38.7 Å². The van der Waals surface area contributed by atoms with Crippen LogP contribution in [0.25, 0.3) is 11.4 Å². The SMILES string of the molecule is CC[C@@H](C)N(C)C[C@@H](C)NC(=O)c1ccc(-c2noc(C(F)(F)F)n2)cc1. The van der Waals surface area contributed by atoms with Crippen LogP contribution in [0, 0.1) is 0 Å². The highest BCUT2D eigenvalue weighted by Crippen LogP contribution is 2.29. The van der Waals surface area contributed by atoms with Gasteiger partial charge in [-0.15, -0.1) is 0 Å². The molecule has 1 heterocycles. The van der Waals surface area contributed by atoms with Gasteiger partial charge in [0.05, 0.1) is 0 Å². The molecule has 2 atom stereocenters.